The molecule has 6 heteroatoms. The zero-order valence-corrected chi connectivity index (χ0v) is 16.9. The number of pyridine rings is 1. The maximum atomic E-state index is 12.8. The number of fused-ring (bicyclic) bond motifs is 1. The van der Waals surface area contributed by atoms with Crippen LogP contribution in [0.4, 0.5) is 0 Å². The van der Waals surface area contributed by atoms with E-state index in [-0.39, 0.29) is 5.56 Å². The quantitative estimate of drug-likeness (QED) is 0.432. The number of hydrogen-bond donors (Lipinski definition) is 1. The van der Waals surface area contributed by atoms with Gasteiger partial charge in [-0.2, -0.15) is 9.61 Å². The van der Waals surface area contributed by atoms with Gasteiger partial charge in [0.25, 0.3) is 5.56 Å². The molecule has 0 atom stereocenters. The fourth-order valence-corrected chi connectivity index (χ4v) is 3.80. The summed E-state index contributed by atoms with van der Waals surface area (Å²) in [6.45, 7) is 1.90. The number of nitrogens with one attached hydrogen (secondary N) is 1. The molecule has 5 nitrogen and oxygen atoms in total. The van der Waals surface area contributed by atoms with E-state index in [1.165, 1.54) is 4.52 Å². The molecule has 30 heavy (non-hydrogen) atoms. The molecule has 0 aliphatic rings. The van der Waals surface area contributed by atoms with Gasteiger partial charge in [-0.3, -0.25) is 9.78 Å². The van der Waals surface area contributed by atoms with Gasteiger partial charge in [-0.05, 0) is 59.5 Å². The van der Waals surface area contributed by atoms with E-state index in [4.69, 9.17) is 11.6 Å². The van der Waals surface area contributed by atoms with Gasteiger partial charge in [-0.15, -0.1) is 0 Å². The molecule has 0 aliphatic heterocycles. The maximum absolute atomic E-state index is 12.8. The molecule has 0 amide bonds. The summed E-state index contributed by atoms with van der Waals surface area (Å²) in [5.74, 6) is 0. The number of H-pyrrole nitrogens is 1. The SMILES string of the molecule is Cc1nn2c(=O)cc(-c3cccc(-c4ccncc4)c3)[nH]c2c1-c1ccc(Cl)cc1. The minimum absolute atomic E-state index is 0.184. The van der Waals surface area contributed by atoms with E-state index < -0.39 is 0 Å². The highest BCUT2D eigenvalue weighted by Crippen LogP contribution is 2.30. The van der Waals surface area contributed by atoms with Crippen molar-refractivity contribution >= 4 is 17.2 Å². The van der Waals surface area contributed by atoms with E-state index in [1.54, 1.807) is 18.5 Å². The minimum Gasteiger partial charge on any atom is -0.339 e. The van der Waals surface area contributed by atoms with Gasteiger partial charge < -0.3 is 4.98 Å². The predicted molar refractivity (Wildman–Crippen MR) is 120 cm³/mol. The van der Waals surface area contributed by atoms with Gasteiger partial charge in [0.15, 0.2) is 0 Å². The third-order valence-electron chi connectivity index (χ3n) is 5.11. The molecule has 1 N–H and O–H groups in total. The van der Waals surface area contributed by atoms with Gasteiger partial charge in [0.2, 0.25) is 0 Å². The van der Waals surface area contributed by atoms with E-state index in [1.807, 2.05) is 61.5 Å². The van der Waals surface area contributed by atoms with Crippen LogP contribution in [0.2, 0.25) is 5.02 Å². The monoisotopic (exact) mass is 412 g/mol. The highest BCUT2D eigenvalue weighted by molar-refractivity contribution is 6.30. The van der Waals surface area contributed by atoms with Crippen molar-refractivity contribution in [1.82, 2.24) is 19.6 Å². The molecular weight excluding hydrogens is 396 g/mol. The van der Waals surface area contributed by atoms with Crippen LogP contribution in [0.15, 0.2) is 83.9 Å². The summed E-state index contributed by atoms with van der Waals surface area (Å²) in [7, 11) is 0. The van der Waals surface area contributed by atoms with Gasteiger partial charge in [0, 0.05) is 29.0 Å². The smallest absolute Gasteiger partial charge is 0.274 e. The lowest BCUT2D eigenvalue weighted by Crippen LogP contribution is -2.14. The van der Waals surface area contributed by atoms with Crippen LogP contribution >= 0.6 is 11.6 Å². The maximum Gasteiger partial charge on any atom is 0.274 e. The number of nitrogens with zero attached hydrogens (tertiary/aromatic N) is 3. The van der Waals surface area contributed by atoms with E-state index in [9.17, 15) is 4.79 Å². The van der Waals surface area contributed by atoms with Crippen LogP contribution in [-0.2, 0) is 0 Å². The van der Waals surface area contributed by atoms with Crippen LogP contribution in [-0.4, -0.2) is 19.6 Å². The second kappa shape index (κ2) is 7.28. The van der Waals surface area contributed by atoms with Crippen LogP contribution in [0.1, 0.15) is 5.69 Å². The molecule has 0 saturated carbocycles. The first-order valence-electron chi connectivity index (χ1n) is 9.49. The summed E-state index contributed by atoms with van der Waals surface area (Å²) < 4.78 is 1.41. The molecular formula is C24H17ClN4O. The Kier molecular flexibility index (Phi) is 4.45. The summed E-state index contributed by atoms with van der Waals surface area (Å²) in [5.41, 5.74) is 6.86. The number of aromatic nitrogens is 4. The molecule has 3 aromatic heterocycles. The number of halogens is 1. The topological polar surface area (TPSA) is 63.1 Å². The lowest BCUT2D eigenvalue weighted by Gasteiger charge is -2.08. The van der Waals surface area contributed by atoms with Crippen LogP contribution in [0.5, 0.6) is 0 Å². The number of aryl methyl sites for hydroxylation is 1. The van der Waals surface area contributed by atoms with Gasteiger partial charge >= 0.3 is 0 Å². The van der Waals surface area contributed by atoms with Crippen molar-refractivity contribution in [2.45, 2.75) is 6.92 Å². The Bertz CT molecular complexity index is 1420. The van der Waals surface area contributed by atoms with Crippen molar-refractivity contribution in [2.24, 2.45) is 0 Å². The lowest BCUT2D eigenvalue weighted by molar-refractivity contribution is 0.882. The van der Waals surface area contributed by atoms with Crippen molar-refractivity contribution in [3.05, 3.63) is 100 Å². The molecule has 0 bridgehead atoms. The average molecular weight is 413 g/mol. The molecule has 0 spiro atoms. The fourth-order valence-electron chi connectivity index (χ4n) is 3.68. The Morgan fingerprint density at radius 2 is 1.60 bits per heavy atom. The van der Waals surface area contributed by atoms with E-state index in [0.29, 0.717) is 10.7 Å². The van der Waals surface area contributed by atoms with E-state index in [0.717, 1.165) is 39.2 Å². The first-order valence-corrected chi connectivity index (χ1v) is 9.87. The summed E-state index contributed by atoms with van der Waals surface area (Å²) in [4.78, 5) is 20.3. The van der Waals surface area contributed by atoms with Crippen LogP contribution < -0.4 is 5.56 Å². The number of benzene rings is 2. The average Bonchev–Trinajstić information content (AvgIpc) is 3.11. The summed E-state index contributed by atoms with van der Waals surface area (Å²) in [6.07, 6.45) is 3.53. The van der Waals surface area contributed by atoms with Crippen LogP contribution in [0.25, 0.3) is 39.2 Å². The van der Waals surface area contributed by atoms with Crippen LogP contribution in [0.3, 0.4) is 0 Å². The van der Waals surface area contributed by atoms with Gasteiger partial charge in [-0.25, -0.2) is 0 Å². The molecule has 3 heterocycles. The second-order valence-corrected chi connectivity index (χ2v) is 7.50. The zero-order valence-electron chi connectivity index (χ0n) is 16.1. The predicted octanol–water partition coefficient (Wildman–Crippen LogP) is 5.38. The van der Waals surface area contributed by atoms with Gasteiger partial charge in [0.05, 0.1) is 11.4 Å². The van der Waals surface area contributed by atoms with Crippen molar-refractivity contribution in [2.75, 3.05) is 0 Å². The molecule has 5 aromatic rings. The summed E-state index contributed by atoms with van der Waals surface area (Å²) in [6, 6.07) is 21.1. The standard InChI is InChI=1S/C24H17ClN4O/c1-15-23(17-5-7-20(25)8-6-17)24-27-21(14-22(30)29(24)28-15)19-4-2-3-18(13-19)16-9-11-26-12-10-16/h2-14,27H,1H3. The number of aromatic amines is 1. The first kappa shape index (κ1) is 18.3. The highest BCUT2D eigenvalue weighted by atomic mass is 35.5. The molecule has 5 rings (SSSR count). The normalized spacial score (nSPS) is 11.1. The lowest BCUT2D eigenvalue weighted by atomic mass is 10.0. The van der Waals surface area contributed by atoms with Crippen molar-refractivity contribution in [3.63, 3.8) is 0 Å². The van der Waals surface area contributed by atoms with Gasteiger partial charge in [-0.1, -0.05) is 41.9 Å². The van der Waals surface area contributed by atoms with Crippen molar-refractivity contribution in [1.29, 1.82) is 0 Å². The Labute approximate surface area is 177 Å². The molecule has 0 fully saturated rings. The highest BCUT2D eigenvalue weighted by Gasteiger charge is 2.15. The molecule has 0 radical (unpaired) electrons. The molecule has 0 aliphatic carbocycles. The Hall–Kier alpha value is -3.70. The second-order valence-electron chi connectivity index (χ2n) is 7.07. The molecule has 0 saturated heterocycles. The third-order valence-corrected chi connectivity index (χ3v) is 5.36. The molecule has 0 unspecified atom stereocenters. The summed E-state index contributed by atoms with van der Waals surface area (Å²) >= 11 is 6.04. The molecule has 2 aromatic carbocycles. The largest absolute Gasteiger partial charge is 0.339 e. The van der Waals surface area contributed by atoms with Crippen molar-refractivity contribution in [3.8, 4) is 33.5 Å². The molecule has 146 valence electrons. The van der Waals surface area contributed by atoms with Crippen LogP contribution in [0, 0.1) is 6.92 Å². The minimum atomic E-state index is -0.184. The zero-order chi connectivity index (χ0) is 20.7. The van der Waals surface area contributed by atoms with E-state index in [2.05, 4.69) is 21.1 Å². The van der Waals surface area contributed by atoms with Crippen molar-refractivity contribution < 1.29 is 0 Å². The Morgan fingerprint density at radius 1 is 0.867 bits per heavy atom. The first-order chi connectivity index (χ1) is 14.6. The fraction of sp³-hybridized carbons (Fsp3) is 0.0417. The Balaban J connectivity index is 1.69. The summed E-state index contributed by atoms with van der Waals surface area (Å²) in [5, 5.41) is 5.11. The number of rotatable bonds is 3. The third kappa shape index (κ3) is 3.19. The van der Waals surface area contributed by atoms with E-state index >= 15 is 0 Å². The number of hydrogen-bond acceptors (Lipinski definition) is 3. The van der Waals surface area contributed by atoms with Gasteiger partial charge in [0.1, 0.15) is 5.65 Å². The Morgan fingerprint density at radius 3 is 2.37 bits per heavy atom.